The first-order chi connectivity index (χ1) is 7.65. The Morgan fingerprint density at radius 2 is 2.31 bits per heavy atom. The van der Waals surface area contributed by atoms with E-state index in [1.54, 1.807) is 12.1 Å². The highest BCUT2D eigenvalue weighted by Crippen LogP contribution is 2.30. The molecular formula is C11H13Br2NO2. The molecule has 0 saturated heterocycles. The maximum atomic E-state index is 11.7. The van der Waals surface area contributed by atoms with Crippen LogP contribution in [-0.4, -0.2) is 17.3 Å². The topological polar surface area (TPSA) is 42.2 Å². The van der Waals surface area contributed by atoms with Gasteiger partial charge in [0.05, 0.1) is 0 Å². The monoisotopic (exact) mass is 349 g/mol. The lowest BCUT2D eigenvalue weighted by Crippen LogP contribution is -2.28. The van der Waals surface area contributed by atoms with Crippen LogP contribution in [0.2, 0.25) is 0 Å². The molecule has 0 aliphatic heterocycles. The molecule has 2 rings (SSSR count). The first-order valence-corrected chi connectivity index (χ1v) is 7.03. The fourth-order valence-electron chi connectivity index (χ4n) is 1.96. The van der Waals surface area contributed by atoms with Crippen molar-refractivity contribution in [3.63, 3.8) is 0 Å². The Morgan fingerprint density at radius 1 is 1.50 bits per heavy atom. The van der Waals surface area contributed by atoms with Gasteiger partial charge in [-0.05, 0) is 53.2 Å². The number of carbonyl (C=O) groups is 1. The van der Waals surface area contributed by atoms with Crippen LogP contribution >= 0.6 is 31.9 Å². The predicted molar refractivity (Wildman–Crippen MR) is 68.8 cm³/mol. The molecule has 1 fully saturated rings. The summed E-state index contributed by atoms with van der Waals surface area (Å²) in [5.74, 6) is 0.815. The van der Waals surface area contributed by atoms with Crippen molar-refractivity contribution in [2.24, 2.45) is 5.92 Å². The Bertz CT molecular complexity index is 378. The third-order valence-electron chi connectivity index (χ3n) is 2.83. The van der Waals surface area contributed by atoms with Crippen molar-refractivity contribution in [1.29, 1.82) is 0 Å². The minimum atomic E-state index is -0.135. The van der Waals surface area contributed by atoms with E-state index in [1.807, 2.05) is 0 Å². The molecule has 2 unspecified atom stereocenters. The molecule has 0 bridgehead atoms. The largest absolute Gasteiger partial charge is 0.444 e. The number of rotatable bonds is 3. The molecule has 1 aromatic heterocycles. The van der Waals surface area contributed by atoms with Crippen molar-refractivity contribution < 1.29 is 9.21 Å². The Hall–Kier alpha value is -0.290. The van der Waals surface area contributed by atoms with Gasteiger partial charge in [-0.3, -0.25) is 4.79 Å². The molecule has 0 aromatic carbocycles. The highest BCUT2D eigenvalue weighted by Gasteiger charge is 2.23. The van der Waals surface area contributed by atoms with Gasteiger partial charge in [0.2, 0.25) is 0 Å². The number of hydrogen-bond donors (Lipinski definition) is 1. The molecule has 1 amide bonds. The zero-order valence-corrected chi connectivity index (χ0v) is 11.9. The van der Waals surface area contributed by atoms with Gasteiger partial charge in [-0.25, -0.2) is 0 Å². The standard InChI is InChI=1S/C11H13Br2NO2/c12-8-2-1-7(5-8)6-14-11(15)9-3-4-10(13)16-9/h3-4,7-8H,1-2,5-6H2,(H,14,15). The average molecular weight is 351 g/mol. The fourth-order valence-corrected chi connectivity index (χ4v) is 3.06. The number of hydrogen-bond acceptors (Lipinski definition) is 2. The lowest BCUT2D eigenvalue weighted by atomic mass is 10.1. The molecule has 1 heterocycles. The van der Waals surface area contributed by atoms with Crippen LogP contribution in [-0.2, 0) is 0 Å². The van der Waals surface area contributed by atoms with Crippen LogP contribution < -0.4 is 5.32 Å². The van der Waals surface area contributed by atoms with Gasteiger partial charge in [0.25, 0.3) is 5.91 Å². The number of alkyl halides is 1. The van der Waals surface area contributed by atoms with Gasteiger partial charge in [-0.15, -0.1) is 0 Å². The molecule has 1 aliphatic rings. The number of nitrogens with one attached hydrogen (secondary N) is 1. The van der Waals surface area contributed by atoms with Crippen molar-refractivity contribution in [2.75, 3.05) is 6.54 Å². The summed E-state index contributed by atoms with van der Waals surface area (Å²) in [6.07, 6.45) is 3.52. The third-order valence-corrected chi connectivity index (χ3v) is 4.08. The summed E-state index contributed by atoms with van der Waals surface area (Å²) in [6.45, 7) is 0.735. The Labute approximate surface area is 111 Å². The van der Waals surface area contributed by atoms with Crippen LogP contribution in [0.4, 0.5) is 0 Å². The normalized spacial score (nSPS) is 24.6. The Morgan fingerprint density at radius 3 is 2.88 bits per heavy atom. The molecule has 5 heteroatoms. The van der Waals surface area contributed by atoms with Crippen molar-refractivity contribution >= 4 is 37.8 Å². The Kier molecular flexibility index (Phi) is 4.08. The number of amides is 1. The molecule has 16 heavy (non-hydrogen) atoms. The molecule has 0 spiro atoms. The molecule has 1 aliphatic carbocycles. The molecule has 2 atom stereocenters. The highest BCUT2D eigenvalue weighted by molar-refractivity contribution is 9.10. The smallest absolute Gasteiger partial charge is 0.287 e. The summed E-state index contributed by atoms with van der Waals surface area (Å²) < 4.78 is 5.76. The van der Waals surface area contributed by atoms with Crippen LogP contribution in [0.3, 0.4) is 0 Å². The van der Waals surface area contributed by atoms with Crippen LogP contribution in [0, 0.1) is 5.92 Å². The zero-order chi connectivity index (χ0) is 11.5. The van der Waals surface area contributed by atoms with E-state index >= 15 is 0 Å². The first-order valence-electron chi connectivity index (χ1n) is 5.33. The average Bonchev–Trinajstić information content (AvgIpc) is 2.84. The lowest BCUT2D eigenvalue weighted by molar-refractivity contribution is 0.0918. The quantitative estimate of drug-likeness (QED) is 0.849. The van der Waals surface area contributed by atoms with Crippen molar-refractivity contribution in [2.45, 2.75) is 24.1 Å². The third kappa shape index (κ3) is 3.10. The van der Waals surface area contributed by atoms with Gasteiger partial charge in [0, 0.05) is 11.4 Å². The van der Waals surface area contributed by atoms with E-state index in [2.05, 4.69) is 37.2 Å². The summed E-state index contributed by atoms with van der Waals surface area (Å²) in [4.78, 5) is 12.3. The Balaban J connectivity index is 1.80. The number of carbonyl (C=O) groups excluding carboxylic acids is 1. The van der Waals surface area contributed by atoms with E-state index in [9.17, 15) is 4.79 Å². The van der Waals surface area contributed by atoms with E-state index in [4.69, 9.17) is 4.42 Å². The molecule has 1 aromatic rings. The summed E-state index contributed by atoms with van der Waals surface area (Å²) in [7, 11) is 0. The molecule has 88 valence electrons. The van der Waals surface area contributed by atoms with Gasteiger partial charge < -0.3 is 9.73 Å². The van der Waals surface area contributed by atoms with Gasteiger partial charge >= 0.3 is 0 Å². The predicted octanol–water partition coefficient (Wildman–Crippen LogP) is 3.34. The maximum absolute atomic E-state index is 11.7. The van der Waals surface area contributed by atoms with E-state index in [0.717, 1.165) is 13.0 Å². The van der Waals surface area contributed by atoms with E-state index in [0.29, 0.717) is 21.2 Å². The molecule has 1 saturated carbocycles. The fraction of sp³-hybridized carbons (Fsp3) is 0.545. The summed E-state index contributed by atoms with van der Waals surface area (Å²) >= 11 is 6.77. The molecular weight excluding hydrogens is 338 g/mol. The minimum absolute atomic E-state index is 0.135. The second kappa shape index (κ2) is 5.36. The minimum Gasteiger partial charge on any atom is -0.444 e. The van der Waals surface area contributed by atoms with Crippen molar-refractivity contribution in [3.05, 3.63) is 22.6 Å². The second-order valence-electron chi connectivity index (χ2n) is 4.09. The van der Waals surface area contributed by atoms with Crippen LogP contribution in [0.25, 0.3) is 0 Å². The van der Waals surface area contributed by atoms with Crippen molar-refractivity contribution in [1.82, 2.24) is 5.32 Å². The summed E-state index contributed by atoms with van der Waals surface area (Å²) in [6, 6.07) is 3.39. The highest BCUT2D eigenvalue weighted by atomic mass is 79.9. The van der Waals surface area contributed by atoms with Gasteiger partial charge in [-0.1, -0.05) is 15.9 Å². The maximum Gasteiger partial charge on any atom is 0.287 e. The molecule has 0 radical (unpaired) electrons. The zero-order valence-electron chi connectivity index (χ0n) is 8.71. The number of halogens is 2. The second-order valence-corrected chi connectivity index (χ2v) is 6.17. The van der Waals surface area contributed by atoms with Crippen LogP contribution in [0.5, 0.6) is 0 Å². The van der Waals surface area contributed by atoms with Gasteiger partial charge in [0.15, 0.2) is 10.4 Å². The van der Waals surface area contributed by atoms with E-state index in [1.165, 1.54) is 12.8 Å². The first kappa shape index (κ1) is 12.2. The van der Waals surface area contributed by atoms with Gasteiger partial charge in [-0.2, -0.15) is 0 Å². The lowest BCUT2D eigenvalue weighted by Gasteiger charge is -2.09. The van der Waals surface area contributed by atoms with Crippen LogP contribution in [0.15, 0.2) is 21.2 Å². The van der Waals surface area contributed by atoms with Gasteiger partial charge in [0.1, 0.15) is 0 Å². The van der Waals surface area contributed by atoms with E-state index < -0.39 is 0 Å². The summed E-state index contributed by atoms with van der Waals surface area (Å²) in [5.41, 5.74) is 0. The number of furan rings is 1. The molecule has 3 nitrogen and oxygen atoms in total. The molecule has 1 N–H and O–H groups in total. The van der Waals surface area contributed by atoms with E-state index in [-0.39, 0.29) is 5.91 Å². The summed E-state index contributed by atoms with van der Waals surface area (Å²) in [5, 5.41) is 2.90. The SMILES string of the molecule is O=C(NCC1CCC(Br)C1)c1ccc(Br)o1. The van der Waals surface area contributed by atoms with Crippen LogP contribution in [0.1, 0.15) is 29.8 Å². The van der Waals surface area contributed by atoms with Crippen molar-refractivity contribution in [3.8, 4) is 0 Å².